The van der Waals surface area contributed by atoms with Crippen LogP contribution in [0.25, 0.3) is 0 Å². The third kappa shape index (κ3) is 6.56. The molecule has 1 atom stereocenters. The second-order valence-corrected chi connectivity index (χ2v) is 11.0. The maximum absolute atomic E-state index is 13.6. The van der Waals surface area contributed by atoms with Gasteiger partial charge in [-0.3, -0.25) is 9.32 Å². The molecular weight excluding hydrogens is 435 g/mol. The molecule has 3 aromatic rings. The number of carbonyl (C=O) groups excluding carboxylic acids is 1. The Morgan fingerprint density at radius 3 is 2.12 bits per heavy atom. The first-order chi connectivity index (χ1) is 15.6. The van der Waals surface area contributed by atoms with Crippen molar-refractivity contribution in [3.8, 4) is 11.5 Å². The highest BCUT2D eigenvalue weighted by molar-refractivity contribution is 7.62. The Labute approximate surface area is 196 Å². The van der Waals surface area contributed by atoms with Crippen LogP contribution in [0.3, 0.4) is 0 Å². The molecule has 0 N–H and O–H groups in total. The summed E-state index contributed by atoms with van der Waals surface area (Å²) in [6, 6.07) is 21.6. The Morgan fingerprint density at radius 1 is 0.909 bits per heavy atom. The fourth-order valence-electron chi connectivity index (χ4n) is 3.45. The lowest BCUT2D eigenvalue weighted by atomic mass is 9.84. The summed E-state index contributed by atoms with van der Waals surface area (Å²) in [5.74, 6) is 0.550. The molecule has 0 aliphatic rings. The monoisotopic (exact) mass is 466 g/mol. The van der Waals surface area contributed by atoms with E-state index in [1.54, 1.807) is 48.5 Å². The van der Waals surface area contributed by atoms with E-state index in [0.29, 0.717) is 16.8 Å². The zero-order valence-electron chi connectivity index (χ0n) is 19.8. The summed E-state index contributed by atoms with van der Waals surface area (Å²) >= 11 is 0. The van der Waals surface area contributed by atoms with Crippen molar-refractivity contribution in [2.75, 3.05) is 6.61 Å². The summed E-state index contributed by atoms with van der Waals surface area (Å²) in [7, 11) is -3.69. The normalized spacial score (nSPS) is 13.2. The largest absolute Gasteiger partial charge is 0.426 e. The van der Waals surface area contributed by atoms with Gasteiger partial charge < -0.3 is 9.26 Å². The molecule has 0 aromatic heterocycles. The van der Waals surface area contributed by atoms with E-state index in [9.17, 15) is 9.36 Å². The van der Waals surface area contributed by atoms with Gasteiger partial charge in [0.2, 0.25) is 0 Å². The predicted molar refractivity (Wildman–Crippen MR) is 132 cm³/mol. The van der Waals surface area contributed by atoms with Crippen LogP contribution < -0.4 is 14.6 Å². The van der Waals surface area contributed by atoms with Crippen LogP contribution in [0.15, 0.2) is 72.8 Å². The second kappa shape index (κ2) is 10.4. The van der Waals surface area contributed by atoms with Gasteiger partial charge in [0.05, 0.1) is 18.3 Å². The number of esters is 1. The van der Waals surface area contributed by atoms with Crippen LogP contribution in [0.2, 0.25) is 0 Å². The predicted octanol–water partition coefficient (Wildman–Crippen LogP) is 6.51. The summed E-state index contributed by atoms with van der Waals surface area (Å²) in [4.78, 5) is 12.7. The molecule has 0 saturated carbocycles. The molecular formula is C27H31O5P. The zero-order chi connectivity index (χ0) is 24.1. The Balaban J connectivity index is 1.72. The maximum Gasteiger partial charge on any atom is 0.410 e. The molecule has 0 saturated heterocycles. The van der Waals surface area contributed by atoms with E-state index in [0.717, 1.165) is 16.7 Å². The Hall–Kier alpha value is -2.88. The second-order valence-electron chi connectivity index (χ2n) is 9.00. The molecule has 0 spiro atoms. The van der Waals surface area contributed by atoms with E-state index in [1.165, 1.54) is 0 Å². The summed E-state index contributed by atoms with van der Waals surface area (Å²) in [6.07, 6.45) is -0.0636. The minimum atomic E-state index is -3.69. The van der Waals surface area contributed by atoms with Crippen LogP contribution in [0.5, 0.6) is 11.5 Å². The van der Waals surface area contributed by atoms with Gasteiger partial charge in [0.15, 0.2) is 0 Å². The number of para-hydroxylation sites is 1. The average molecular weight is 467 g/mol. The first kappa shape index (κ1) is 24.8. The number of ether oxygens (including phenoxy) is 1. The number of aryl methyl sites for hydroxylation is 2. The van der Waals surface area contributed by atoms with E-state index < -0.39 is 13.6 Å². The third-order valence-electron chi connectivity index (χ3n) is 5.05. The third-order valence-corrected chi connectivity index (χ3v) is 6.96. The topological polar surface area (TPSA) is 61.8 Å². The smallest absolute Gasteiger partial charge is 0.410 e. The molecule has 0 aliphatic heterocycles. The molecule has 174 valence electrons. The minimum Gasteiger partial charge on any atom is -0.426 e. The molecule has 0 aliphatic carbocycles. The fourth-order valence-corrected chi connectivity index (χ4v) is 5.02. The van der Waals surface area contributed by atoms with Gasteiger partial charge in [0, 0.05) is 5.56 Å². The lowest BCUT2D eigenvalue weighted by Gasteiger charge is -2.24. The number of carbonyl (C=O) groups is 1. The number of hydrogen-bond donors (Lipinski definition) is 0. The molecule has 0 bridgehead atoms. The molecule has 1 unspecified atom stereocenters. The first-order valence-corrected chi connectivity index (χ1v) is 12.5. The van der Waals surface area contributed by atoms with E-state index in [1.807, 2.05) is 38.1 Å². The highest BCUT2D eigenvalue weighted by atomic mass is 31.2. The van der Waals surface area contributed by atoms with E-state index in [-0.39, 0.29) is 18.4 Å². The van der Waals surface area contributed by atoms with Crippen molar-refractivity contribution in [1.82, 2.24) is 0 Å². The van der Waals surface area contributed by atoms with Gasteiger partial charge in [-0.05, 0) is 49.1 Å². The lowest BCUT2D eigenvalue weighted by Crippen LogP contribution is -2.19. The van der Waals surface area contributed by atoms with Crippen molar-refractivity contribution in [3.63, 3.8) is 0 Å². The highest BCUT2D eigenvalue weighted by Crippen LogP contribution is 2.47. The summed E-state index contributed by atoms with van der Waals surface area (Å²) in [5.41, 5.74) is 2.80. The van der Waals surface area contributed by atoms with Gasteiger partial charge in [-0.15, -0.1) is 0 Å². The van der Waals surface area contributed by atoms with Gasteiger partial charge in [-0.1, -0.05) is 74.9 Å². The van der Waals surface area contributed by atoms with Crippen LogP contribution in [0.1, 0.15) is 43.9 Å². The van der Waals surface area contributed by atoms with Gasteiger partial charge in [-0.2, -0.15) is 0 Å². The van der Waals surface area contributed by atoms with Crippen molar-refractivity contribution in [1.29, 1.82) is 0 Å². The highest BCUT2D eigenvalue weighted by Gasteiger charge is 2.30. The van der Waals surface area contributed by atoms with E-state index in [2.05, 4.69) is 20.8 Å². The van der Waals surface area contributed by atoms with Gasteiger partial charge in [0.25, 0.3) is 0 Å². The van der Waals surface area contributed by atoms with Gasteiger partial charge >= 0.3 is 13.6 Å². The molecule has 0 heterocycles. The van der Waals surface area contributed by atoms with Crippen LogP contribution in [-0.2, 0) is 19.3 Å². The molecule has 0 fully saturated rings. The summed E-state index contributed by atoms with van der Waals surface area (Å²) in [5, 5.41) is 0.423. The number of benzene rings is 3. The van der Waals surface area contributed by atoms with Crippen LogP contribution in [0, 0.1) is 13.8 Å². The van der Waals surface area contributed by atoms with Crippen molar-refractivity contribution >= 4 is 18.9 Å². The van der Waals surface area contributed by atoms with Crippen molar-refractivity contribution in [2.45, 2.75) is 46.5 Å². The SMILES string of the molecule is Cc1cc(C)c(OC(=O)CCOP(=O)(Oc2ccccc2)c2ccccc2)c(C(C)(C)C)c1. The van der Waals surface area contributed by atoms with Crippen molar-refractivity contribution in [3.05, 3.63) is 89.5 Å². The Kier molecular flexibility index (Phi) is 7.78. The number of hydrogen-bond acceptors (Lipinski definition) is 5. The summed E-state index contributed by atoms with van der Waals surface area (Å²) in [6.45, 7) is 10.1. The van der Waals surface area contributed by atoms with Crippen LogP contribution >= 0.6 is 7.60 Å². The molecule has 0 radical (unpaired) electrons. The van der Waals surface area contributed by atoms with E-state index >= 15 is 0 Å². The van der Waals surface area contributed by atoms with Gasteiger partial charge in [0.1, 0.15) is 11.5 Å². The molecule has 3 rings (SSSR count). The first-order valence-electron chi connectivity index (χ1n) is 11.0. The van der Waals surface area contributed by atoms with Gasteiger partial charge in [-0.25, -0.2) is 4.57 Å². The quantitative estimate of drug-likeness (QED) is 0.215. The zero-order valence-corrected chi connectivity index (χ0v) is 20.7. The Bertz CT molecular complexity index is 1130. The lowest BCUT2D eigenvalue weighted by molar-refractivity contribution is -0.135. The molecule has 33 heavy (non-hydrogen) atoms. The minimum absolute atomic E-state index is 0.0636. The van der Waals surface area contributed by atoms with Crippen molar-refractivity contribution in [2.24, 2.45) is 0 Å². The van der Waals surface area contributed by atoms with E-state index in [4.69, 9.17) is 13.8 Å². The number of rotatable bonds is 8. The summed E-state index contributed by atoms with van der Waals surface area (Å²) < 4.78 is 30.8. The maximum atomic E-state index is 13.6. The van der Waals surface area contributed by atoms with Crippen molar-refractivity contribution < 1.29 is 23.1 Å². The standard InChI is InChI=1S/C27H31O5P/c1-20-18-21(2)26(24(19-20)27(3,4)5)31-25(28)16-17-30-33(29,23-14-10-7-11-15-23)32-22-12-8-6-9-13-22/h6-15,18-19H,16-17H2,1-5H3. The fraction of sp³-hybridized carbons (Fsp3) is 0.296. The molecule has 6 heteroatoms. The molecule has 5 nitrogen and oxygen atoms in total. The molecule has 3 aromatic carbocycles. The van der Waals surface area contributed by atoms with Crippen LogP contribution in [0.4, 0.5) is 0 Å². The molecule has 0 amide bonds. The average Bonchev–Trinajstić information content (AvgIpc) is 2.76. The van der Waals surface area contributed by atoms with Crippen LogP contribution in [-0.4, -0.2) is 12.6 Å². The Morgan fingerprint density at radius 2 is 1.52 bits per heavy atom.